The molecule has 2 aliphatic heterocycles. The number of hydrogen-bond acceptors (Lipinski definition) is 5. The highest BCUT2D eigenvalue weighted by molar-refractivity contribution is 6.46. The Kier molecular flexibility index (Phi) is 6.37. The topological polar surface area (TPSA) is 76.1 Å². The average Bonchev–Trinajstić information content (AvgIpc) is 3.41. The highest BCUT2D eigenvalue weighted by atomic mass is 19.1. The van der Waals surface area contributed by atoms with E-state index in [4.69, 9.17) is 9.47 Å². The molecule has 0 bridgehead atoms. The molecule has 1 amide bonds. The van der Waals surface area contributed by atoms with Crippen molar-refractivity contribution < 1.29 is 28.6 Å². The minimum Gasteiger partial charge on any atom is -0.507 e. The summed E-state index contributed by atoms with van der Waals surface area (Å²) < 4.78 is 24.7. The number of hydrogen-bond donors (Lipinski definition) is 1. The Morgan fingerprint density at radius 2 is 1.91 bits per heavy atom. The smallest absolute Gasteiger partial charge is 0.295 e. The van der Waals surface area contributed by atoms with Gasteiger partial charge >= 0.3 is 0 Å². The van der Waals surface area contributed by atoms with Crippen LogP contribution in [0.25, 0.3) is 5.76 Å². The SMILES string of the molecule is C=CCOc1ccc(C(O)=C2C(=O)C(=O)N(CC3CCCO3)C2c2ccc(F)cc2)cc1. The first kappa shape index (κ1) is 21.8. The Morgan fingerprint density at radius 1 is 1.19 bits per heavy atom. The summed E-state index contributed by atoms with van der Waals surface area (Å²) in [6, 6.07) is 11.3. The van der Waals surface area contributed by atoms with Crippen LogP contribution in [0.15, 0.2) is 66.8 Å². The van der Waals surface area contributed by atoms with E-state index in [9.17, 15) is 19.1 Å². The number of Topliss-reactive ketones (excluding diaryl/α,β-unsaturated/α-hetero) is 1. The van der Waals surface area contributed by atoms with Crippen molar-refractivity contribution >= 4 is 17.4 Å². The van der Waals surface area contributed by atoms with Crippen LogP contribution in [0.2, 0.25) is 0 Å². The molecule has 0 spiro atoms. The summed E-state index contributed by atoms with van der Waals surface area (Å²) in [5, 5.41) is 11.1. The molecular formula is C25H24FNO5. The maximum absolute atomic E-state index is 13.6. The maximum Gasteiger partial charge on any atom is 0.295 e. The largest absolute Gasteiger partial charge is 0.507 e. The number of rotatable bonds is 7. The molecule has 7 heteroatoms. The van der Waals surface area contributed by atoms with Crippen molar-refractivity contribution in [2.24, 2.45) is 0 Å². The summed E-state index contributed by atoms with van der Waals surface area (Å²) >= 11 is 0. The van der Waals surface area contributed by atoms with Gasteiger partial charge < -0.3 is 19.5 Å². The van der Waals surface area contributed by atoms with Gasteiger partial charge in [-0.3, -0.25) is 9.59 Å². The molecule has 166 valence electrons. The first-order chi connectivity index (χ1) is 15.5. The van der Waals surface area contributed by atoms with Gasteiger partial charge in [-0.1, -0.05) is 24.8 Å². The van der Waals surface area contributed by atoms with Crippen molar-refractivity contribution in [3.8, 4) is 5.75 Å². The average molecular weight is 437 g/mol. The summed E-state index contributed by atoms with van der Waals surface area (Å²) in [7, 11) is 0. The second-order valence-electron chi connectivity index (χ2n) is 7.76. The number of carbonyl (C=O) groups is 2. The summed E-state index contributed by atoms with van der Waals surface area (Å²) in [6.07, 6.45) is 3.10. The molecule has 2 atom stereocenters. The van der Waals surface area contributed by atoms with E-state index in [1.165, 1.54) is 29.2 Å². The molecular weight excluding hydrogens is 413 g/mol. The van der Waals surface area contributed by atoms with Gasteiger partial charge in [0.25, 0.3) is 11.7 Å². The standard InChI is InChI=1S/C25H24FNO5/c1-2-13-31-19-11-7-17(8-12-19)23(28)21-22(16-5-9-18(26)10-6-16)27(25(30)24(21)29)15-20-4-3-14-32-20/h2,5-12,20,22,28H,1,3-4,13-15H2. The van der Waals surface area contributed by atoms with Crippen molar-refractivity contribution in [3.63, 3.8) is 0 Å². The van der Waals surface area contributed by atoms with Gasteiger partial charge in [0, 0.05) is 18.7 Å². The van der Waals surface area contributed by atoms with Crippen molar-refractivity contribution in [1.29, 1.82) is 0 Å². The van der Waals surface area contributed by atoms with Crippen LogP contribution in [0.3, 0.4) is 0 Å². The summed E-state index contributed by atoms with van der Waals surface area (Å²) in [6.45, 7) is 4.76. The van der Waals surface area contributed by atoms with Crippen LogP contribution in [0.1, 0.15) is 30.0 Å². The normalized spacial score (nSPS) is 22.3. The fourth-order valence-corrected chi connectivity index (χ4v) is 4.09. The van der Waals surface area contributed by atoms with E-state index in [0.29, 0.717) is 30.1 Å². The van der Waals surface area contributed by atoms with Crippen LogP contribution < -0.4 is 4.74 Å². The van der Waals surface area contributed by atoms with Crippen LogP contribution in [-0.4, -0.2) is 47.6 Å². The number of amides is 1. The lowest BCUT2D eigenvalue weighted by Gasteiger charge is -2.27. The van der Waals surface area contributed by atoms with Gasteiger partial charge in [0.05, 0.1) is 17.7 Å². The molecule has 2 saturated heterocycles. The van der Waals surface area contributed by atoms with E-state index in [0.717, 1.165) is 12.8 Å². The molecule has 0 aromatic heterocycles. The second-order valence-corrected chi connectivity index (χ2v) is 7.76. The van der Waals surface area contributed by atoms with E-state index >= 15 is 0 Å². The molecule has 2 fully saturated rings. The van der Waals surface area contributed by atoms with Gasteiger partial charge in [-0.2, -0.15) is 0 Å². The van der Waals surface area contributed by atoms with Gasteiger partial charge in [0.1, 0.15) is 23.9 Å². The molecule has 2 heterocycles. The van der Waals surface area contributed by atoms with Gasteiger partial charge in [-0.15, -0.1) is 0 Å². The third kappa shape index (κ3) is 4.29. The van der Waals surface area contributed by atoms with E-state index in [1.54, 1.807) is 30.3 Å². The van der Waals surface area contributed by atoms with E-state index in [1.807, 2.05) is 0 Å². The monoisotopic (exact) mass is 437 g/mol. The number of carbonyl (C=O) groups excluding carboxylic acids is 2. The Labute approximate surface area is 185 Å². The number of nitrogens with zero attached hydrogens (tertiary/aromatic N) is 1. The molecule has 32 heavy (non-hydrogen) atoms. The Hall–Kier alpha value is -3.45. The lowest BCUT2D eigenvalue weighted by atomic mass is 9.95. The van der Waals surface area contributed by atoms with Crippen LogP contribution in [0, 0.1) is 5.82 Å². The van der Waals surface area contributed by atoms with Crippen LogP contribution >= 0.6 is 0 Å². The van der Waals surface area contributed by atoms with Crippen molar-refractivity contribution in [3.05, 3.63) is 83.7 Å². The lowest BCUT2D eigenvalue weighted by Crippen LogP contribution is -2.36. The Balaban J connectivity index is 1.74. The number of ketones is 1. The van der Waals surface area contributed by atoms with Crippen molar-refractivity contribution in [2.75, 3.05) is 19.8 Å². The lowest BCUT2D eigenvalue weighted by molar-refractivity contribution is -0.140. The van der Waals surface area contributed by atoms with Gasteiger partial charge in [-0.05, 0) is 54.8 Å². The van der Waals surface area contributed by atoms with Gasteiger partial charge in [-0.25, -0.2) is 4.39 Å². The van der Waals surface area contributed by atoms with Crippen LogP contribution in [0.4, 0.5) is 4.39 Å². The predicted octanol–water partition coefficient (Wildman–Crippen LogP) is 3.99. The summed E-state index contributed by atoms with van der Waals surface area (Å²) in [5.74, 6) is -1.62. The van der Waals surface area contributed by atoms with Gasteiger partial charge in [0.2, 0.25) is 0 Å². The van der Waals surface area contributed by atoms with Crippen LogP contribution in [-0.2, 0) is 14.3 Å². The number of benzene rings is 2. The number of halogens is 1. The zero-order chi connectivity index (χ0) is 22.7. The third-order valence-electron chi connectivity index (χ3n) is 5.65. The van der Waals surface area contributed by atoms with Crippen molar-refractivity contribution in [1.82, 2.24) is 4.90 Å². The first-order valence-corrected chi connectivity index (χ1v) is 10.5. The highest BCUT2D eigenvalue weighted by Crippen LogP contribution is 2.40. The molecule has 0 radical (unpaired) electrons. The number of ether oxygens (including phenoxy) is 2. The minimum atomic E-state index is -0.837. The van der Waals surface area contributed by atoms with E-state index in [-0.39, 0.29) is 24.0 Å². The minimum absolute atomic E-state index is 0.0284. The summed E-state index contributed by atoms with van der Waals surface area (Å²) in [5.41, 5.74) is 0.883. The maximum atomic E-state index is 13.6. The molecule has 0 saturated carbocycles. The zero-order valence-corrected chi connectivity index (χ0v) is 17.5. The summed E-state index contributed by atoms with van der Waals surface area (Å²) in [4.78, 5) is 27.4. The Bertz CT molecular complexity index is 1040. The van der Waals surface area contributed by atoms with E-state index in [2.05, 4.69) is 6.58 Å². The molecule has 2 unspecified atom stereocenters. The number of likely N-dealkylation sites (tertiary alicyclic amines) is 1. The fourth-order valence-electron chi connectivity index (χ4n) is 4.09. The van der Waals surface area contributed by atoms with E-state index < -0.39 is 23.5 Å². The fraction of sp³-hybridized carbons (Fsp3) is 0.280. The first-order valence-electron chi connectivity index (χ1n) is 10.5. The second kappa shape index (κ2) is 9.36. The molecule has 2 aromatic rings. The number of aliphatic hydroxyl groups is 1. The third-order valence-corrected chi connectivity index (χ3v) is 5.65. The molecule has 0 aliphatic carbocycles. The Morgan fingerprint density at radius 3 is 2.53 bits per heavy atom. The van der Waals surface area contributed by atoms with Crippen LogP contribution in [0.5, 0.6) is 5.75 Å². The van der Waals surface area contributed by atoms with Crippen molar-refractivity contribution in [2.45, 2.75) is 25.0 Å². The molecule has 6 nitrogen and oxygen atoms in total. The zero-order valence-electron chi connectivity index (χ0n) is 17.5. The molecule has 2 aliphatic rings. The van der Waals surface area contributed by atoms with Gasteiger partial charge in [0.15, 0.2) is 0 Å². The highest BCUT2D eigenvalue weighted by Gasteiger charge is 2.47. The quantitative estimate of drug-likeness (QED) is 0.307. The predicted molar refractivity (Wildman–Crippen MR) is 117 cm³/mol. The molecule has 1 N–H and O–H groups in total. The number of aliphatic hydroxyl groups excluding tert-OH is 1. The molecule has 4 rings (SSSR count). The molecule has 2 aromatic carbocycles.